The van der Waals surface area contributed by atoms with Crippen molar-refractivity contribution in [1.82, 2.24) is 5.32 Å². The zero-order valence-electron chi connectivity index (χ0n) is 11.4. The van der Waals surface area contributed by atoms with Crippen LogP contribution in [-0.2, 0) is 4.79 Å². The zero-order chi connectivity index (χ0) is 15.3. The van der Waals surface area contributed by atoms with E-state index in [1.807, 2.05) is 13.8 Å². The first kappa shape index (κ1) is 16.1. The molecule has 1 amide bonds. The van der Waals surface area contributed by atoms with Gasteiger partial charge in [-0.3, -0.25) is 4.79 Å². The molecule has 7 heteroatoms. The van der Waals surface area contributed by atoms with E-state index in [2.05, 4.69) is 5.32 Å². The van der Waals surface area contributed by atoms with Crippen LogP contribution in [0, 0.1) is 0 Å². The highest BCUT2D eigenvalue weighted by Gasteiger charge is 2.16. The Morgan fingerprint density at radius 2 is 2.05 bits per heavy atom. The maximum Gasteiger partial charge on any atom is 0.335 e. The van der Waals surface area contributed by atoms with Gasteiger partial charge in [-0.05, 0) is 26.0 Å². The first-order valence-corrected chi connectivity index (χ1v) is 6.26. The summed E-state index contributed by atoms with van der Waals surface area (Å²) in [5.74, 6) is -1.14. The standard InChI is InChI=1S/C13H16ClNO5/c1-7(2)15-11(16)6-20-12-9(14)4-8(13(17)18)5-10(12)19-3/h4-5,7H,6H2,1-3H3,(H,15,16)(H,17,18). The van der Waals surface area contributed by atoms with Gasteiger partial charge in [0.25, 0.3) is 5.91 Å². The second-order valence-electron chi connectivity index (χ2n) is 4.31. The molecule has 0 fully saturated rings. The first-order chi connectivity index (χ1) is 9.35. The van der Waals surface area contributed by atoms with E-state index in [0.717, 1.165) is 0 Å². The first-order valence-electron chi connectivity index (χ1n) is 5.88. The number of hydrogen-bond donors (Lipinski definition) is 2. The molecule has 0 heterocycles. The summed E-state index contributed by atoms with van der Waals surface area (Å²) in [6.07, 6.45) is 0. The molecule has 6 nitrogen and oxygen atoms in total. The predicted octanol–water partition coefficient (Wildman–Crippen LogP) is 1.95. The molecule has 0 aliphatic carbocycles. The monoisotopic (exact) mass is 301 g/mol. The highest BCUT2D eigenvalue weighted by Crippen LogP contribution is 2.36. The predicted molar refractivity (Wildman–Crippen MR) is 73.7 cm³/mol. The highest BCUT2D eigenvalue weighted by atomic mass is 35.5. The number of carbonyl (C=O) groups excluding carboxylic acids is 1. The topological polar surface area (TPSA) is 84.9 Å². The van der Waals surface area contributed by atoms with Gasteiger partial charge in [-0.1, -0.05) is 11.6 Å². The summed E-state index contributed by atoms with van der Waals surface area (Å²) in [4.78, 5) is 22.4. The van der Waals surface area contributed by atoms with Crippen LogP contribution < -0.4 is 14.8 Å². The summed E-state index contributed by atoms with van der Waals surface area (Å²) in [6, 6.07) is 2.52. The zero-order valence-corrected chi connectivity index (χ0v) is 12.2. The van der Waals surface area contributed by atoms with Gasteiger partial charge in [0.15, 0.2) is 18.1 Å². The molecule has 0 aromatic heterocycles. The summed E-state index contributed by atoms with van der Waals surface area (Å²) in [6.45, 7) is 3.42. The average molecular weight is 302 g/mol. The lowest BCUT2D eigenvalue weighted by Gasteiger charge is -2.14. The molecular formula is C13H16ClNO5. The number of nitrogens with one attached hydrogen (secondary N) is 1. The number of benzene rings is 1. The molecule has 1 aromatic carbocycles. The van der Waals surface area contributed by atoms with Gasteiger partial charge in [-0.2, -0.15) is 0 Å². The van der Waals surface area contributed by atoms with E-state index in [-0.39, 0.29) is 40.6 Å². The Balaban J connectivity index is 2.89. The molecule has 20 heavy (non-hydrogen) atoms. The number of carboxylic acids is 1. The van der Waals surface area contributed by atoms with E-state index >= 15 is 0 Å². The summed E-state index contributed by atoms with van der Waals surface area (Å²) < 4.78 is 10.3. The number of aromatic carboxylic acids is 1. The number of amides is 1. The van der Waals surface area contributed by atoms with Crippen molar-refractivity contribution < 1.29 is 24.2 Å². The molecule has 0 atom stereocenters. The van der Waals surface area contributed by atoms with Crippen molar-refractivity contribution >= 4 is 23.5 Å². The summed E-state index contributed by atoms with van der Waals surface area (Å²) in [5.41, 5.74) is -0.0224. The third-order valence-corrected chi connectivity index (χ3v) is 2.55. The Morgan fingerprint density at radius 3 is 2.55 bits per heavy atom. The maximum atomic E-state index is 11.5. The Kier molecular flexibility index (Phi) is 5.64. The van der Waals surface area contributed by atoms with Crippen molar-refractivity contribution in [3.8, 4) is 11.5 Å². The van der Waals surface area contributed by atoms with Gasteiger partial charge < -0.3 is 19.9 Å². The van der Waals surface area contributed by atoms with E-state index in [0.29, 0.717) is 0 Å². The molecule has 0 aliphatic rings. The van der Waals surface area contributed by atoms with Crippen molar-refractivity contribution in [1.29, 1.82) is 0 Å². The molecule has 0 saturated carbocycles. The fourth-order valence-corrected chi connectivity index (χ4v) is 1.75. The third kappa shape index (κ3) is 4.31. The fourth-order valence-electron chi connectivity index (χ4n) is 1.48. The van der Waals surface area contributed by atoms with E-state index in [1.165, 1.54) is 19.2 Å². The molecule has 0 radical (unpaired) electrons. The number of ether oxygens (including phenoxy) is 2. The van der Waals surface area contributed by atoms with Crippen molar-refractivity contribution in [2.45, 2.75) is 19.9 Å². The minimum absolute atomic E-state index is 0.00199. The Labute approximate surface area is 121 Å². The molecule has 110 valence electrons. The second-order valence-corrected chi connectivity index (χ2v) is 4.71. The quantitative estimate of drug-likeness (QED) is 0.839. The number of halogens is 1. The molecule has 1 aromatic rings. The lowest BCUT2D eigenvalue weighted by atomic mass is 10.2. The Hall–Kier alpha value is -1.95. The molecule has 0 spiro atoms. The van der Waals surface area contributed by atoms with Gasteiger partial charge in [-0.25, -0.2) is 4.79 Å². The van der Waals surface area contributed by atoms with E-state index < -0.39 is 5.97 Å². The van der Waals surface area contributed by atoms with Gasteiger partial charge in [0.2, 0.25) is 0 Å². The van der Waals surface area contributed by atoms with Gasteiger partial charge >= 0.3 is 5.97 Å². The number of hydrogen-bond acceptors (Lipinski definition) is 4. The molecule has 0 aliphatic heterocycles. The normalized spacial score (nSPS) is 10.2. The van der Waals surface area contributed by atoms with Gasteiger partial charge in [0.05, 0.1) is 17.7 Å². The van der Waals surface area contributed by atoms with Crippen molar-refractivity contribution in [3.63, 3.8) is 0 Å². The lowest BCUT2D eigenvalue weighted by molar-refractivity contribution is -0.123. The fraction of sp³-hybridized carbons (Fsp3) is 0.385. The molecular weight excluding hydrogens is 286 g/mol. The van der Waals surface area contributed by atoms with Crippen molar-refractivity contribution in [2.24, 2.45) is 0 Å². The van der Waals surface area contributed by atoms with Crippen molar-refractivity contribution in [3.05, 3.63) is 22.7 Å². The van der Waals surface area contributed by atoms with Gasteiger partial charge in [-0.15, -0.1) is 0 Å². The van der Waals surface area contributed by atoms with E-state index in [9.17, 15) is 9.59 Å². The third-order valence-electron chi connectivity index (χ3n) is 2.27. The van der Waals surface area contributed by atoms with E-state index in [1.54, 1.807) is 0 Å². The molecule has 1 rings (SSSR count). The number of methoxy groups -OCH3 is 1. The molecule has 0 saturated heterocycles. The van der Waals surface area contributed by atoms with Crippen LogP contribution in [0.1, 0.15) is 24.2 Å². The van der Waals surface area contributed by atoms with Crippen LogP contribution in [0.5, 0.6) is 11.5 Å². The van der Waals surface area contributed by atoms with E-state index in [4.69, 9.17) is 26.2 Å². The van der Waals surface area contributed by atoms with Gasteiger partial charge in [0.1, 0.15) is 0 Å². The van der Waals surface area contributed by atoms with Crippen LogP contribution in [0.25, 0.3) is 0 Å². The average Bonchev–Trinajstić information content (AvgIpc) is 2.35. The molecule has 0 bridgehead atoms. The number of carbonyl (C=O) groups is 2. The number of rotatable bonds is 6. The largest absolute Gasteiger partial charge is 0.493 e. The van der Waals surface area contributed by atoms with Gasteiger partial charge in [0, 0.05) is 6.04 Å². The second kappa shape index (κ2) is 7.00. The van der Waals surface area contributed by atoms with Crippen LogP contribution in [0.3, 0.4) is 0 Å². The van der Waals surface area contributed by atoms with Crippen LogP contribution in [-0.4, -0.2) is 36.7 Å². The maximum absolute atomic E-state index is 11.5. The Bertz CT molecular complexity index is 516. The van der Waals surface area contributed by atoms with Crippen LogP contribution in [0.2, 0.25) is 5.02 Å². The SMILES string of the molecule is COc1cc(C(=O)O)cc(Cl)c1OCC(=O)NC(C)C. The molecule has 2 N–H and O–H groups in total. The number of carboxylic acid groups (broad SMARTS) is 1. The minimum atomic E-state index is -1.13. The van der Waals surface area contributed by atoms with Crippen LogP contribution >= 0.6 is 11.6 Å². The van der Waals surface area contributed by atoms with Crippen LogP contribution in [0.4, 0.5) is 0 Å². The highest BCUT2D eigenvalue weighted by molar-refractivity contribution is 6.32. The smallest absolute Gasteiger partial charge is 0.335 e. The summed E-state index contributed by atoms with van der Waals surface area (Å²) in [5, 5.41) is 11.6. The Morgan fingerprint density at radius 1 is 1.40 bits per heavy atom. The van der Waals surface area contributed by atoms with Crippen molar-refractivity contribution in [2.75, 3.05) is 13.7 Å². The lowest BCUT2D eigenvalue weighted by Crippen LogP contribution is -2.34. The van der Waals surface area contributed by atoms with Crippen LogP contribution in [0.15, 0.2) is 12.1 Å². The summed E-state index contributed by atoms with van der Waals surface area (Å²) in [7, 11) is 1.36. The molecule has 0 unspecified atom stereocenters. The summed E-state index contributed by atoms with van der Waals surface area (Å²) >= 11 is 5.95. The minimum Gasteiger partial charge on any atom is -0.493 e.